The molecular formula is C24H46N2. The highest BCUT2D eigenvalue weighted by Crippen LogP contribution is 2.20. The molecule has 0 amide bonds. The maximum atomic E-state index is 3.26. The fourth-order valence-electron chi connectivity index (χ4n) is 3.94. The van der Waals surface area contributed by atoms with Gasteiger partial charge in [-0.1, -0.05) is 77.6 Å². The average molecular weight is 363 g/mol. The smallest absolute Gasteiger partial charge is 0.0234 e. The molecule has 2 heteroatoms. The second-order valence-corrected chi connectivity index (χ2v) is 8.17. The molecule has 1 heterocycles. The van der Waals surface area contributed by atoms with E-state index >= 15 is 0 Å². The topological polar surface area (TPSA) is 17.0 Å². The fraction of sp³-hybridized carbons (Fsp3) is 0.833. The third-order valence-corrected chi connectivity index (χ3v) is 5.81. The summed E-state index contributed by atoms with van der Waals surface area (Å²) in [5.41, 5.74) is 4.58. The molecule has 1 aromatic rings. The van der Waals surface area contributed by atoms with Crippen LogP contribution in [0, 0.1) is 13.8 Å². The van der Waals surface area contributed by atoms with Gasteiger partial charge in [0.15, 0.2) is 0 Å². The summed E-state index contributed by atoms with van der Waals surface area (Å²) in [5.74, 6) is 0. The number of rotatable bonds is 17. The first-order chi connectivity index (χ1) is 12.7. The summed E-state index contributed by atoms with van der Waals surface area (Å²) in [6, 6.07) is 0. The highest BCUT2D eigenvalue weighted by Gasteiger charge is 2.09. The van der Waals surface area contributed by atoms with Gasteiger partial charge in [0.2, 0.25) is 0 Å². The first-order valence-corrected chi connectivity index (χ1v) is 11.5. The quantitative estimate of drug-likeness (QED) is 0.296. The van der Waals surface area contributed by atoms with Gasteiger partial charge in [-0.05, 0) is 57.8 Å². The number of nitrogens with one attached hydrogen (secondary N) is 1. The molecule has 0 fully saturated rings. The number of aromatic nitrogens is 1. The molecule has 152 valence electrons. The van der Waals surface area contributed by atoms with Gasteiger partial charge in [0, 0.05) is 18.4 Å². The zero-order chi connectivity index (χ0) is 19.0. The van der Waals surface area contributed by atoms with Crippen molar-refractivity contribution in [1.82, 2.24) is 9.88 Å². The number of hydrogen-bond donors (Lipinski definition) is 1. The van der Waals surface area contributed by atoms with Crippen LogP contribution in [0.4, 0.5) is 0 Å². The molecule has 0 aliphatic rings. The average Bonchev–Trinajstić information content (AvgIpc) is 2.90. The van der Waals surface area contributed by atoms with Gasteiger partial charge in [-0.25, -0.2) is 0 Å². The maximum absolute atomic E-state index is 3.26. The molecule has 0 bridgehead atoms. The van der Waals surface area contributed by atoms with Crippen molar-refractivity contribution in [2.24, 2.45) is 0 Å². The van der Waals surface area contributed by atoms with Crippen LogP contribution in [0.15, 0.2) is 6.20 Å². The third kappa shape index (κ3) is 9.80. The molecule has 1 N–H and O–H groups in total. The van der Waals surface area contributed by atoms with Gasteiger partial charge in [-0.2, -0.15) is 0 Å². The number of unbranched alkanes of at least 4 members (excludes halogenated alkanes) is 11. The molecule has 0 saturated carbocycles. The van der Waals surface area contributed by atoms with Crippen molar-refractivity contribution in [2.45, 2.75) is 117 Å². The summed E-state index contributed by atoms with van der Waals surface area (Å²) in [5, 5.41) is 3.26. The number of hydrogen-bond acceptors (Lipinski definition) is 1. The van der Waals surface area contributed by atoms with Gasteiger partial charge in [0.1, 0.15) is 0 Å². The maximum Gasteiger partial charge on any atom is 0.0234 e. The molecule has 26 heavy (non-hydrogen) atoms. The molecular weight excluding hydrogens is 316 g/mol. The molecule has 2 nitrogen and oxygen atoms in total. The van der Waals surface area contributed by atoms with E-state index in [9.17, 15) is 0 Å². The Labute approximate surface area is 164 Å². The second kappa shape index (κ2) is 15.3. The predicted octanol–water partition coefficient (Wildman–Crippen LogP) is 6.96. The van der Waals surface area contributed by atoms with Gasteiger partial charge >= 0.3 is 0 Å². The van der Waals surface area contributed by atoms with Crippen molar-refractivity contribution in [3.63, 3.8) is 0 Å². The Kier molecular flexibility index (Phi) is 13.7. The molecule has 1 rings (SSSR count). The van der Waals surface area contributed by atoms with Gasteiger partial charge in [0.05, 0.1) is 0 Å². The highest BCUT2D eigenvalue weighted by molar-refractivity contribution is 5.30. The Morgan fingerprint density at radius 3 is 1.85 bits per heavy atom. The van der Waals surface area contributed by atoms with E-state index in [0.29, 0.717) is 0 Å². The lowest BCUT2D eigenvalue weighted by Gasteiger charge is -2.10. The molecule has 0 aromatic carbocycles. The van der Waals surface area contributed by atoms with Crippen molar-refractivity contribution in [2.75, 3.05) is 13.6 Å². The zero-order valence-electron chi connectivity index (χ0n) is 18.3. The predicted molar refractivity (Wildman–Crippen MR) is 117 cm³/mol. The first kappa shape index (κ1) is 23.3. The van der Waals surface area contributed by atoms with E-state index in [1.807, 2.05) is 7.05 Å². The summed E-state index contributed by atoms with van der Waals surface area (Å²) in [7, 11) is 2.04. The summed E-state index contributed by atoms with van der Waals surface area (Å²) in [6.07, 6.45) is 22.0. The molecule has 1 aromatic heterocycles. The summed E-state index contributed by atoms with van der Waals surface area (Å²) in [6.45, 7) is 9.12. The van der Waals surface area contributed by atoms with Crippen LogP contribution in [0.25, 0.3) is 0 Å². The van der Waals surface area contributed by atoms with Crippen molar-refractivity contribution in [3.05, 3.63) is 23.0 Å². The van der Waals surface area contributed by atoms with Crippen LogP contribution in [0.2, 0.25) is 0 Å². The van der Waals surface area contributed by atoms with E-state index < -0.39 is 0 Å². The van der Waals surface area contributed by atoms with Crippen molar-refractivity contribution < 1.29 is 0 Å². The van der Waals surface area contributed by atoms with Crippen LogP contribution in [-0.4, -0.2) is 18.2 Å². The zero-order valence-corrected chi connectivity index (χ0v) is 18.3. The summed E-state index contributed by atoms with van der Waals surface area (Å²) >= 11 is 0. The SMILES string of the molecule is CCCCCCCCCCCCCCc1c(C)c(C)cn1CCCNC. The van der Waals surface area contributed by atoms with E-state index in [2.05, 4.69) is 36.9 Å². The number of aryl methyl sites for hydroxylation is 2. The van der Waals surface area contributed by atoms with E-state index in [4.69, 9.17) is 0 Å². The lowest BCUT2D eigenvalue weighted by atomic mass is 10.0. The highest BCUT2D eigenvalue weighted by atomic mass is 15.0. The lowest BCUT2D eigenvalue weighted by Crippen LogP contribution is -2.12. The first-order valence-electron chi connectivity index (χ1n) is 11.5. The second-order valence-electron chi connectivity index (χ2n) is 8.17. The van der Waals surface area contributed by atoms with Crippen molar-refractivity contribution in [1.29, 1.82) is 0 Å². The molecule has 0 aliphatic heterocycles. The molecule has 0 atom stereocenters. The van der Waals surface area contributed by atoms with E-state index in [0.717, 1.165) is 13.1 Å². The minimum atomic E-state index is 1.11. The van der Waals surface area contributed by atoms with E-state index in [1.54, 1.807) is 5.69 Å². The van der Waals surface area contributed by atoms with E-state index in [-0.39, 0.29) is 0 Å². The normalized spacial score (nSPS) is 11.4. The van der Waals surface area contributed by atoms with Crippen LogP contribution in [-0.2, 0) is 13.0 Å². The molecule has 0 saturated heterocycles. The van der Waals surface area contributed by atoms with Gasteiger partial charge in [0.25, 0.3) is 0 Å². The Morgan fingerprint density at radius 2 is 1.31 bits per heavy atom. The standard InChI is InChI=1S/C24H46N2/c1-5-6-7-8-9-10-11-12-13-14-15-16-18-24-23(3)22(2)21-26(24)20-17-19-25-4/h21,25H,5-20H2,1-4H3. The Balaban J connectivity index is 2.08. The minimum Gasteiger partial charge on any atom is -0.351 e. The fourth-order valence-corrected chi connectivity index (χ4v) is 3.94. The molecule has 0 aliphatic carbocycles. The summed E-state index contributed by atoms with van der Waals surface area (Å²) < 4.78 is 2.51. The largest absolute Gasteiger partial charge is 0.351 e. The monoisotopic (exact) mass is 362 g/mol. The Hall–Kier alpha value is -0.760. The molecule has 0 unspecified atom stereocenters. The molecule has 0 spiro atoms. The van der Waals surface area contributed by atoms with Crippen LogP contribution in [0.3, 0.4) is 0 Å². The Bertz CT molecular complexity index is 447. The van der Waals surface area contributed by atoms with Crippen molar-refractivity contribution >= 4 is 0 Å². The van der Waals surface area contributed by atoms with Gasteiger partial charge in [-0.15, -0.1) is 0 Å². The minimum absolute atomic E-state index is 1.11. The van der Waals surface area contributed by atoms with Crippen LogP contribution in [0.1, 0.15) is 107 Å². The third-order valence-electron chi connectivity index (χ3n) is 5.81. The van der Waals surface area contributed by atoms with Crippen LogP contribution in [0.5, 0.6) is 0 Å². The lowest BCUT2D eigenvalue weighted by molar-refractivity contribution is 0.538. The van der Waals surface area contributed by atoms with Gasteiger partial charge in [-0.3, -0.25) is 0 Å². The van der Waals surface area contributed by atoms with Crippen LogP contribution >= 0.6 is 0 Å². The summed E-state index contributed by atoms with van der Waals surface area (Å²) in [4.78, 5) is 0. The van der Waals surface area contributed by atoms with Gasteiger partial charge < -0.3 is 9.88 Å². The van der Waals surface area contributed by atoms with Crippen molar-refractivity contribution in [3.8, 4) is 0 Å². The number of nitrogens with zero attached hydrogens (tertiary/aromatic N) is 1. The Morgan fingerprint density at radius 1 is 0.769 bits per heavy atom. The van der Waals surface area contributed by atoms with Crippen LogP contribution < -0.4 is 5.32 Å². The van der Waals surface area contributed by atoms with E-state index in [1.165, 1.54) is 101 Å². The molecule has 0 radical (unpaired) electrons.